The van der Waals surface area contributed by atoms with Gasteiger partial charge < -0.3 is 10.6 Å². The van der Waals surface area contributed by atoms with Crippen LogP contribution in [0.3, 0.4) is 0 Å². The zero-order valence-electron chi connectivity index (χ0n) is 12.6. The Hall–Kier alpha value is -1.94. The lowest BCUT2D eigenvalue weighted by atomic mass is 9.99. The molecular weight excluding hydrogens is 262 g/mol. The molecule has 4 nitrogen and oxygen atoms in total. The van der Waals surface area contributed by atoms with Crippen molar-refractivity contribution in [2.45, 2.75) is 32.7 Å². The van der Waals surface area contributed by atoms with Crippen LogP contribution in [0.4, 0.5) is 0 Å². The van der Waals surface area contributed by atoms with Gasteiger partial charge in [-0.1, -0.05) is 18.2 Å². The second-order valence-electron chi connectivity index (χ2n) is 5.88. The third-order valence-corrected chi connectivity index (χ3v) is 4.39. The Bertz CT molecular complexity index is 696. The highest BCUT2D eigenvalue weighted by Crippen LogP contribution is 2.23. The summed E-state index contributed by atoms with van der Waals surface area (Å²) in [5, 5.41) is 1.13. The maximum Gasteiger partial charge on any atom is 0.227 e. The van der Waals surface area contributed by atoms with Gasteiger partial charge in [0.1, 0.15) is 0 Å². The molecule has 1 aliphatic rings. The summed E-state index contributed by atoms with van der Waals surface area (Å²) >= 11 is 0. The minimum absolute atomic E-state index is 0.130. The molecule has 0 aliphatic carbocycles. The SMILES string of the molecule is Cc1nc2ccccc2c(C)c1CC(=O)N1CC[C@H](N)C1. The predicted octanol–water partition coefficient (Wildman–Crippen LogP) is 1.95. The molecule has 2 aromatic rings. The van der Waals surface area contributed by atoms with Crippen molar-refractivity contribution in [3.8, 4) is 0 Å². The van der Waals surface area contributed by atoms with Crippen LogP contribution in [0.15, 0.2) is 24.3 Å². The van der Waals surface area contributed by atoms with Crippen LogP contribution in [0.5, 0.6) is 0 Å². The van der Waals surface area contributed by atoms with Crippen LogP contribution >= 0.6 is 0 Å². The van der Waals surface area contributed by atoms with Gasteiger partial charge >= 0.3 is 0 Å². The van der Waals surface area contributed by atoms with Gasteiger partial charge in [-0.3, -0.25) is 9.78 Å². The van der Waals surface area contributed by atoms with E-state index >= 15 is 0 Å². The fraction of sp³-hybridized carbons (Fsp3) is 0.412. The molecular formula is C17H21N3O. The molecule has 1 aromatic heterocycles. The van der Waals surface area contributed by atoms with Crippen molar-refractivity contribution in [3.05, 3.63) is 41.1 Å². The van der Waals surface area contributed by atoms with Crippen LogP contribution < -0.4 is 5.73 Å². The smallest absolute Gasteiger partial charge is 0.227 e. The quantitative estimate of drug-likeness (QED) is 0.916. The Morgan fingerprint density at radius 3 is 2.86 bits per heavy atom. The Morgan fingerprint density at radius 2 is 2.14 bits per heavy atom. The number of carbonyl (C=O) groups excluding carboxylic acids is 1. The largest absolute Gasteiger partial charge is 0.341 e. The lowest BCUT2D eigenvalue weighted by molar-refractivity contribution is -0.129. The second kappa shape index (κ2) is 5.45. The molecule has 0 saturated carbocycles. The van der Waals surface area contributed by atoms with E-state index in [1.807, 2.05) is 30.0 Å². The zero-order valence-corrected chi connectivity index (χ0v) is 12.6. The highest BCUT2D eigenvalue weighted by Gasteiger charge is 2.24. The van der Waals surface area contributed by atoms with Crippen LogP contribution in [-0.4, -0.2) is 34.9 Å². The number of carbonyl (C=O) groups is 1. The summed E-state index contributed by atoms with van der Waals surface area (Å²) in [5.41, 5.74) is 10.0. The summed E-state index contributed by atoms with van der Waals surface area (Å²) in [5.74, 6) is 0.159. The van der Waals surface area contributed by atoms with Crippen molar-refractivity contribution in [3.63, 3.8) is 0 Å². The van der Waals surface area contributed by atoms with Crippen LogP contribution in [0.1, 0.15) is 23.2 Å². The lowest BCUT2D eigenvalue weighted by Crippen LogP contribution is -2.33. The van der Waals surface area contributed by atoms with Crippen molar-refractivity contribution in [2.24, 2.45) is 5.73 Å². The number of likely N-dealkylation sites (tertiary alicyclic amines) is 1. The summed E-state index contributed by atoms with van der Waals surface area (Å²) in [7, 11) is 0. The topological polar surface area (TPSA) is 59.2 Å². The number of fused-ring (bicyclic) bond motifs is 1. The highest BCUT2D eigenvalue weighted by atomic mass is 16.2. The number of nitrogens with two attached hydrogens (primary N) is 1. The van der Waals surface area contributed by atoms with Gasteiger partial charge in [-0.25, -0.2) is 0 Å². The first-order valence-electron chi connectivity index (χ1n) is 7.44. The van der Waals surface area contributed by atoms with E-state index in [-0.39, 0.29) is 11.9 Å². The van der Waals surface area contributed by atoms with Gasteiger partial charge in [-0.15, -0.1) is 0 Å². The third-order valence-electron chi connectivity index (χ3n) is 4.39. The Kier molecular flexibility index (Phi) is 3.64. The fourth-order valence-corrected chi connectivity index (χ4v) is 3.11. The maximum atomic E-state index is 12.4. The van der Waals surface area contributed by atoms with Crippen LogP contribution in [0, 0.1) is 13.8 Å². The number of hydrogen-bond donors (Lipinski definition) is 1. The molecule has 110 valence electrons. The van der Waals surface area contributed by atoms with Gasteiger partial charge in [0.05, 0.1) is 11.9 Å². The fourth-order valence-electron chi connectivity index (χ4n) is 3.11. The van der Waals surface area contributed by atoms with Crippen molar-refractivity contribution in [1.82, 2.24) is 9.88 Å². The molecule has 21 heavy (non-hydrogen) atoms. The molecule has 0 radical (unpaired) electrons. The first-order valence-corrected chi connectivity index (χ1v) is 7.44. The molecule has 1 aliphatic heterocycles. The molecule has 1 saturated heterocycles. The number of aromatic nitrogens is 1. The van der Waals surface area contributed by atoms with Gasteiger partial charge in [0.15, 0.2) is 0 Å². The molecule has 3 rings (SSSR count). The normalized spacial score (nSPS) is 18.4. The molecule has 1 fully saturated rings. The van der Waals surface area contributed by atoms with E-state index in [0.717, 1.165) is 40.7 Å². The van der Waals surface area contributed by atoms with Crippen LogP contribution in [-0.2, 0) is 11.2 Å². The summed E-state index contributed by atoms with van der Waals surface area (Å²) in [6.45, 7) is 5.52. The van der Waals surface area contributed by atoms with E-state index in [9.17, 15) is 4.79 Å². The number of rotatable bonds is 2. The predicted molar refractivity (Wildman–Crippen MR) is 84.1 cm³/mol. The molecule has 0 unspecified atom stereocenters. The number of amides is 1. The minimum atomic E-state index is 0.130. The second-order valence-corrected chi connectivity index (χ2v) is 5.88. The molecule has 1 atom stereocenters. The minimum Gasteiger partial charge on any atom is -0.341 e. The monoisotopic (exact) mass is 283 g/mol. The van der Waals surface area contributed by atoms with Crippen LogP contribution in [0.2, 0.25) is 0 Å². The number of hydrogen-bond acceptors (Lipinski definition) is 3. The summed E-state index contributed by atoms with van der Waals surface area (Å²) in [6, 6.07) is 8.21. The van der Waals surface area contributed by atoms with Crippen molar-refractivity contribution < 1.29 is 4.79 Å². The standard InChI is InChI=1S/C17H21N3O/c1-11-14-5-3-4-6-16(14)19-12(2)15(11)9-17(21)20-8-7-13(18)10-20/h3-6,13H,7-10,18H2,1-2H3/t13-/m0/s1. The molecule has 1 amide bonds. The van der Waals surface area contributed by atoms with Gasteiger partial charge in [0.25, 0.3) is 0 Å². The molecule has 4 heteroatoms. The first-order chi connectivity index (χ1) is 10.1. The third kappa shape index (κ3) is 2.63. The Labute approximate surface area is 125 Å². The molecule has 1 aromatic carbocycles. The van der Waals surface area contributed by atoms with Gasteiger partial charge in [-0.05, 0) is 37.5 Å². The number of benzene rings is 1. The molecule has 0 spiro atoms. The maximum absolute atomic E-state index is 12.4. The van der Waals surface area contributed by atoms with E-state index in [4.69, 9.17) is 5.73 Å². The van der Waals surface area contributed by atoms with E-state index in [2.05, 4.69) is 18.0 Å². The van der Waals surface area contributed by atoms with Gasteiger partial charge in [-0.2, -0.15) is 0 Å². The van der Waals surface area contributed by atoms with Crippen LogP contribution in [0.25, 0.3) is 10.9 Å². The Morgan fingerprint density at radius 1 is 1.38 bits per heavy atom. The number of pyridine rings is 1. The molecule has 0 bridgehead atoms. The van der Waals surface area contributed by atoms with Crippen molar-refractivity contribution >= 4 is 16.8 Å². The van der Waals surface area contributed by atoms with E-state index in [1.165, 1.54) is 0 Å². The Balaban J connectivity index is 1.91. The lowest BCUT2D eigenvalue weighted by Gasteiger charge is -2.18. The van der Waals surface area contributed by atoms with E-state index < -0.39 is 0 Å². The first kappa shape index (κ1) is 14.0. The average molecular weight is 283 g/mol. The summed E-state index contributed by atoms with van der Waals surface area (Å²) in [4.78, 5) is 19.0. The molecule has 2 heterocycles. The zero-order chi connectivity index (χ0) is 15.0. The van der Waals surface area contributed by atoms with Crippen molar-refractivity contribution in [1.29, 1.82) is 0 Å². The van der Waals surface area contributed by atoms with Gasteiger partial charge in [0.2, 0.25) is 5.91 Å². The van der Waals surface area contributed by atoms with E-state index in [0.29, 0.717) is 13.0 Å². The van der Waals surface area contributed by atoms with E-state index in [1.54, 1.807) is 0 Å². The number of nitrogens with zero attached hydrogens (tertiary/aromatic N) is 2. The van der Waals surface area contributed by atoms with Gasteiger partial charge in [0, 0.05) is 30.2 Å². The number of aryl methyl sites for hydroxylation is 2. The number of para-hydroxylation sites is 1. The highest BCUT2D eigenvalue weighted by molar-refractivity contribution is 5.86. The molecule has 2 N–H and O–H groups in total. The average Bonchev–Trinajstić information content (AvgIpc) is 2.90. The summed E-state index contributed by atoms with van der Waals surface area (Å²) < 4.78 is 0. The summed E-state index contributed by atoms with van der Waals surface area (Å²) in [6.07, 6.45) is 1.32. The van der Waals surface area contributed by atoms with Crippen molar-refractivity contribution in [2.75, 3.05) is 13.1 Å².